The maximum atomic E-state index is 11.0. The second-order valence-electron chi connectivity index (χ2n) is 2.96. The molecular weight excluding hydrogens is 246 g/mol. The molecule has 1 amide bonds. The zero-order valence-electron chi connectivity index (χ0n) is 7.25. The predicted octanol–water partition coefficient (Wildman–Crippen LogP) is 1.56. The Morgan fingerprint density at radius 2 is 2.36 bits per heavy atom. The van der Waals surface area contributed by atoms with E-state index in [1.807, 2.05) is 0 Å². The van der Waals surface area contributed by atoms with E-state index in [-0.39, 0.29) is 0 Å². The highest BCUT2D eigenvalue weighted by Crippen LogP contribution is 2.20. The molecule has 0 fully saturated rings. The molecule has 0 saturated heterocycles. The molecule has 0 aliphatic heterocycles. The number of primary amides is 1. The molecule has 0 atom stereocenters. The number of nitrogens with zero attached hydrogens (tertiary/aromatic N) is 1. The number of hydrogen-bond donors (Lipinski definition) is 2. The third kappa shape index (κ3) is 1.39. The molecule has 72 valence electrons. The molecule has 1 aromatic carbocycles. The van der Waals surface area contributed by atoms with Crippen LogP contribution in [-0.4, -0.2) is 16.1 Å². The van der Waals surface area contributed by atoms with Gasteiger partial charge in [-0.15, -0.1) is 0 Å². The van der Waals surface area contributed by atoms with Crippen molar-refractivity contribution in [1.29, 1.82) is 0 Å². The summed E-state index contributed by atoms with van der Waals surface area (Å²) in [5.41, 5.74) is 7.54. The molecule has 0 saturated carbocycles. The van der Waals surface area contributed by atoms with Gasteiger partial charge in [-0.1, -0.05) is 15.9 Å². The van der Waals surface area contributed by atoms with Crippen molar-refractivity contribution in [2.45, 2.75) is 5.33 Å². The molecule has 0 aliphatic rings. The van der Waals surface area contributed by atoms with Crippen LogP contribution in [0, 0.1) is 0 Å². The number of fused-ring (bicyclic) bond motifs is 1. The monoisotopic (exact) mass is 253 g/mol. The smallest absolute Gasteiger partial charge is 0.248 e. The Balaban J connectivity index is 2.73. The lowest BCUT2D eigenvalue weighted by Crippen LogP contribution is -2.11. The minimum atomic E-state index is -0.427. The van der Waals surface area contributed by atoms with Gasteiger partial charge in [0.15, 0.2) is 0 Å². The maximum absolute atomic E-state index is 11.0. The Morgan fingerprint density at radius 1 is 1.57 bits per heavy atom. The average molecular weight is 254 g/mol. The summed E-state index contributed by atoms with van der Waals surface area (Å²) >= 11 is 3.35. The number of amides is 1. The van der Waals surface area contributed by atoms with E-state index >= 15 is 0 Å². The van der Waals surface area contributed by atoms with Crippen LogP contribution in [0.3, 0.4) is 0 Å². The molecule has 2 aromatic rings. The molecule has 0 spiro atoms. The fraction of sp³-hybridized carbons (Fsp3) is 0.111. The van der Waals surface area contributed by atoms with E-state index in [1.54, 1.807) is 18.3 Å². The fourth-order valence-corrected chi connectivity index (χ4v) is 1.84. The summed E-state index contributed by atoms with van der Waals surface area (Å²) in [6.45, 7) is 0. The summed E-state index contributed by atoms with van der Waals surface area (Å²) in [6.07, 6.45) is 1.73. The molecule has 0 radical (unpaired) electrons. The minimum Gasteiger partial charge on any atom is -0.366 e. The second-order valence-corrected chi connectivity index (χ2v) is 3.53. The van der Waals surface area contributed by atoms with Gasteiger partial charge < -0.3 is 5.73 Å². The van der Waals surface area contributed by atoms with Gasteiger partial charge >= 0.3 is 0 Å². The van der Waals surface area contributed by atoms with Gasteiger partial charge in [0.1, 0.15) is 0 Å². The second kappa shape index (κ2) is 3.42. The Morgan fingerprint density at radius 3 is 3.00 bits per heavy atom. The molecule has 3 N–H and O–H groups in total. The van der Waals surface area contributed by atoms with Crippen molar-refractivity contribution in [3.8, 4) is 0 Å². The number of aromatic nitrogens is 2. The lowest BCUT2D eigenvalue weighted by molar-refractivity contribution is 0.100. The zero-order chi connectivity index (χ0) is 10.1. The third-order valence-electron chi connectivity index (χ3n) is 2.07. The van der Waals surface area contributed by atoms with Gasteiger partial charge in [-0.05, 0) is 17.7 Å². The van der Waals surface area contributed by atoms with E-state index in [0.717, 1.165) is 16.5 Å². The molecule has 2 rings (SSSR count). The lowest BCUT2D eigenvalue weighted by atomic mass is 10.1. The topological polar surface area (TPSA) is 71.8 Å². The van der Waals surface area contributed by atoms with Crippen LogP contribution in [0.25, 0.3) is 10.9 Å². The van der Waals surface area contributed by atoms with Gasteiger partial charge in [-0.25, -0.2) is 0 Å². The van der Waals surface area contributed by atoms with Crippen LogP contribution in [-0.2, 0) is 5.33 Å². The van der Waals surface area contributed by atoms with Gasteiger partial charge in [0, 0.05) is 16.3 Å². The highest BCUT2D eigenvalue weighted by atomic mass is 79.9. The molecule has 0 aliphatic carbocycles. The number of nitrogens with one attached hydrogen (secondary N) is 1. The van der Waals surface area contributed by atoms with E-state index in [0.29, 0.717) is 10.9 Å². The summed E-state index contributed by atoms with van der Waals surface area (Å²) in [5.74, 6) is -0.427. The Labute approximate surface area is 88.6 Å². The third-order valence-corrected chi connectivity index (χ3v) is 2.68. The van der Waals surface area contributed by atoms with Crippen LogP contribution in [0.5, 0.6) is 0 Å². The standard InChI is InChI=1S/C9H8BrN3O/c10-3-6-1-5(9(11)14)2-8-7(6)4-12-13-8/h1-2,4H,3H2,(H2,11,14)(H,12,13). The van der Waals surface area contributed by atoms with Gasteiger partial charge in [-0.3, -0.25) is 9.89 Å². The summed E-state index contributed by atoms with van der Waals surface area (Å²) < 4.78 is 0. The Hall–Kier alpha value is -1.36. The van der Waals surface area contributed by atoms with Crippen LogP contribution in [0.15, 0.2) is 18.3 Å². The Kier molecular flexibility index (Phi) is 2.25. The number of H-pyrrole nitrogens is 1. The van der Waals surface area contributed by atoms with Gasteiger partial charge in [-0.2, -0.15) is 5.10 Å². The Bertz CT molecular complexity index is 492. The summed E-state index contributed by atoms with van der Waals surface area (Å²) in [4.78, 5) is 11.0. The normalized spacial score (nSPS) is 10.6. The van der Waals surface area contributed by atoms with E-state index in [4.69, 9.17) is 5.73 Å². The highest BCUT2D eigenvalue weighted by molar-refractivity contribution is 9.08. The average Bonchev–Trinajstić information content (AvgIpc) is 2.63. The molecule has 14 heavy (non-hydrogen) atoms. The zero-order valence-corrected chi connectivity index (χ0v) is 8.84. The van der Waals surface area contributed by atoms with Crippen LogP contribution in [0.1, 0.15) is 15.9 Å². The summed E-state index contributed by atoms with van der Waals surface area (Å²) in [6, 6.07) is 3.48. The number of carbonyl (C=O) groups is 1. The predicted molar refractivity (Wildman–Crippen MR) is 57.2 cm³/mol. The fourth-order valence-electron chi connectivity index (χ4n) is 1.38. The number of alkyl halides is 1. The van der Waals surface area contributed by atoms with E-state index < -0.39 is 5.91 Å². The summed E-state index contributed by atoms with van der Waals surface area (Å²) in [5, 5.41) is 8.40. The van der Waals surface area contributed by atoms with Crippen molar-refractivity contribution in [3.63, 3.8) is 0 Å². The van der Waals surface area contributed by atoms with E-state index in [1.165, 1.54) is 0 Å². The molecule has 1 heterocycles. The van der Waals surface area contributed by atoms with Crippen molar-refractivity contribution in [2.75, 3.05) is 0 Å². The largest absolute Gasteiger partial charge is 0.366 e. The van der Waals surface area contributed by atoms with Crippen molar-refractivity contribution in [3.05, 3.63) is 29.5 Å². The first-order chi connectivity index (χ1) is 6.72. The van der Waals surface area contributed by atoms with Crippen LogP contribution in [0.2, 0.25) is 0 Å². The first-order valence-electron chi connectivity index (χ1n) is 4.04. The van der Waals surface area contributed by atoms with Gasteiger partial charge in [0.25, 0.3) is 0 Å². The number of aromatic amines is 1. The lowest BCUT2D eigenvalue weighted by Gasteiger charge is -2.01. The van der Waals surface area contributed by atoms with Crippen molar-refractivity contribution >= 4 is 32.7 Å². The number of halogens is 1. The molecular formula is C9H8BrN3O. The quantitative estimate of drug-likeness (QED) is 0.798. The number of carbonyl (C=O) groups excluding carboxylic acids is 1. The number of rotatable bonds is 2. The van der Waals surface area contributed by atoms with Crippen LogP contribution in [0.4, 0.5) is 0 Å². The van der Waals surface area contributed by atoms with Gasteiger partial charge in [0.05, 0.1) is 11.7 Å². The minimum absolute atomic E-state index is 0.427. The first kappa shape index (κ1) is 9.21. The van der Waals surface area contributed by atoms with Crippen molar-refractivity contribution in [1.82, 2.24) is 10.2 Å². The number of hydrogen-bond acceptors (Lipinski definition) is 2. The van der Waals surface area contributed by atoms with Gasteiger partial charge in [0.2, 0.25) is 5.91 Å². The summed E-state index contributed by atoms with van der Waals surface area (Å²) in [7, 11) is 0. The highest BCUT2D eigenvalue weighted by Gasteiger charge is 2.07. The van der Waals surface area contributed by atoms with E-state index in [2.05, 4.69) is 26.1 Å². The first-order valence-corrected chi connectivity index (χ1v) is 5.16. The number of nitrogens with two attached hydrogens (primary N) is 1. The molecule has 4 nitrogen and oxygen atoms in total. The maximum Gasteiger partial charge on any atom is 0.248 e. The van der Waals surface area contributed by atoms with Crippen molar-refractivity contribution < 1.29 is 4.79 Å². The molecule has 0 unspecified atom stereocenters. The van der Waals surface area contributed by atoms with E-state index in [9.17, 15) is 4.79 Å². The molecule has 1 aromatic heterocycles. The molecule has 5 heteroatoms. The van der Waals surface area contributed by atoms with Crippen LogP contribution < -0.4 is 5.73 Å². The van der Waals surface area contributed by atoms with Crippen LogP contribution >= 0.6 is 15.9 Å². The van der Waals surface area contributed by atoms with Crippen molar-refractivity contribution in [2.24, 2.45) is 5.73 Å². The SMILES string of the molecule is NC(=O)c1cc(CBr)c2cn[nH]c2c1. The number of benzene rings is 1. The molecule has 0 bridgehead atoms.